The van der Waals surface area contributed by atoms with Crippen LogP contribution in [0.3, 0.4) is 0 Å². The summed E-state index contributed by atoms with van der Waals surface area (Å²) in [5.74, 6) is -1.14. The molecule has 3 nitrogen and oxygen atoms in total. The van der Waals surface area contributed by atoms with Crippen LogP contribution in [0.5, 0.6) is 0 Å². The van der Waals surface area contributed by atoms with E-state index in [1.807, 2.05) is 18.2 Å². The smallest absolute Gasteiger partial charge is 0.358 e. The second-order valence-corrected chi connectivity index (χ2v) is 4.71. The largest absolute Gasteiger partial charge is 0.463 e. The molecular weight excluding hydrogens is 303 g/mol. The third kappa shape index (κ3) is 3.92. The third-order valence-corrected chi connectivity index (χ3v) is 2.98. The maximum absolute atomic E-state index is 13.9. The molecule has 0 unspecified atom stereocenters. The van der Waals surface area contributed by atoms with E-state index in [9.17, 15) is 14.3 Å². The van der Waals surface area contributed by atoms with Crippen molar-refractivity contribution in [2.45, 2.75) is 17.6 Å². The number of carbonyl (C=O) groups is 1. The molecule has 1 N–H and O–H groups in total. The molecule has 0 aromatic heterocycles. The lowest BCUT2D eigenvalue weighted by molar-refractivity contribution is -0.154. The quantitative estimate of drug-likeness (QED) is 0.671. The van der Waals surface area contributed by atoms with Crippen LogP contribution in [0, 0.1) is 0 Å². The summed E-state index contributed by atoms with van der Waals surface area (Å²) in [5, 5.41) is 9.63. The molecule has 2 atom stereocenters. The molecule has 0 aliphatic heterocycles. The fourth-order valence-corrected chi connectivity index (χ4v) is 1.50. The molecule has 5 heteroatoms. The number of halogens is 2. The average molecular weight is 317 g/mol. The number of hydrogen-bond donors (Lipinski definition) is 1. The Balaban J connectivity index is 2.72. The number of carbonyl (C=O) groups excluding carboxylic acids is 1. The standard InChI is InChI=1S/C13H14BrFO3/c1-2-18-12(17)13(14,15)11(16)9-8-10-6-4-3-5-7-10/h3-9,11,16H,2H2,1H3/b9-8+/t11-,13+/m1/s1. The molecule has 1 rings (SSSR count). The molecule has 0 saturated heterocycles. The molecule has 18 heavy (non-hydrogen) atoms. The third-order valence-electron chi connectivity index (χ3n) is 2.19. The van der Waals surface area contributed by atoms with Crippen LogP contribution in [-0.2, 0) is 9.53 Å². The number of benzene rings is 1. The summed E-state index contributed by atoms with van der Waals surface area (Å²) >= 11 is 2.54. The van der Waals surface area contributed by atoms with Gasteiger partial charge in [-0.1, -0.05) is 42.5 Å². The van der Waals surface area contributed by atoms with Crippen molar-refractivity contribution in [1.29, 1.82) is 0 Å². The van der Waals surface area contributed by atoms with Gasteiger partial charge in [-0.3, -0.25) is 0 Å². The number of esters is 1. The van der Waals surface area contributed by atoms with E-state index in [2.05, 4.69) is 20.7 Å². The fraction of sp³-hybridized carbons (Fsp3) is 0.308. The Morgan fingerprint density at radius 1 is 1.56 bits per heavy atom. The lowest BCUT2D eigenvalue weighted by atomic mass is 10.1. The highest BCUT2D eigenvalue weighted by Gasteiger charge is 2.43. The summed E-state index contributed by atoms with van der Waals surface area (Å²) in [5.41, 5.74) is 0.795. The normalized spacial score (nSPS) is 16.2. The van der Waals surface area contributed by atoms with Gasteiger partial charge in [0.25, 0.3) is 4.58 Å². The van der Waals surface area contributed by atoms with Crippen LogP contribution in [0.4, 0.5) is 4.39 Å². The van der Waals surface area contributed by atoms with E-state index < -0.39 is 16.7 Å². The SMILES string of the molecule is CCOC(=O)[C@](F)(Br)[C@H](O)/C=C/c1ccccc1. The molecule has 1 aromatic carbocycles. The predicted octanol–water partition coefficient (Wildman–Crippen LogP) is 2.68. The zero-order valence-corrected chi connectivity index (χ0v) is 11.4. The summed E-state index contributed by atoms with van der Waals surface area (Å²) in [6, 6.07) is 9.06. The molecule has 0 saturated carbocycles. The number of ether oxygens (including phenoxy) is 1. The zero-order chi connectivity index (χ0) is 13.6. The van der Waals surface area contributed by atoms with E-state index >= 15 is 0 Å². The Hall–Kier alpha value is -1.20. The van der Waals surface area contributed by atoms with Crippen LogP contribution in [0.2, 0.25) is 0 Å². The van der Waals surface area contributed by atoms with E-state index in [1.165, 1.54) is 12.2 Å². The van der Waals surface area contributed by atoms with Crippen molar-refractivity contribution >= 4 is 28.0 Å². The summed E-state index contributed by atoms with van der Waals surface area (Å²) in [4.78, 5) is 11.3. The Labute approximate surface area is 113 Å². The highest BCUT2D eigenvalue weighted by atomic mass is 79.9. The molecule has 0 aliphatic carbocycles. The molecule has 0 amide bonds. The van der Waals surface area contributed by atoms with Crippen LogP contribution in [0.25, 0.3) is 6.08 Å². The van der Waals surface area contributed by atoms with Crippen LogP contribution >= 0.6 is 15.9 Å². The molecule has 0 heterocycles. The lowest BCUT2D eigenvalue weighted by Crippen LogP contribution is -2.40. The minimum atomic E-state index is -2.63. The lowest BCUT2D eigenvalue weighted by Gasteiger charge is -2.19. The van der Waals surface area contributed by atoms with Crippen LogP contribution in [-0.4, -0.2) is 28.4 Å². The van der Waals surface area contributed by atoms with Gasteiger partial charge in [-0.15, -0.1) is 0 Å². The van der Waals surface area contributed by atoms with E-state index in [1.54, 1.807) is 19.1 Å². The predicted molar refractivity (Wildman–Crippen MR) is 70.9 cm³/mol. The first kappa shape index (κ1) is 14.9. The molecule has 0 fully saturated rings. The van der Waals surface area contributed by atoms with E-state index in [0.717, 1.165) is 5.56 Å². The Morgan fingerprint density at radius 2 is 2.17 bits per heavy atom. The highest BCUT2D eigenvalue weighted by molar-refractivity contribution is 9.10. The van der Waals surface area contributed by atoms with Gasteiger partial charge in [-0.05, 0) is 28.4 Å². The van der Waals surface area contributed by atoms with E-state index in [0.29, 0.717) is 0 Å². The molecular formula is C13H14BrFO3. The Morgan fingerprint density at radius 3 is 2.72 bits per heavy atom. The van der Waals surface area contributed by atoms with Gasteiger partial charge in [-0.25, -0.2) is 9.18 Å². The molecule has 0 bridgehead atoms. The van der Waals surface area contributed by atoms with Gasteiger partial charge >= 0.3 is 5.97 Å². The van der Waals surface area contributed by atoms with Crippen molar-refractivity contribution in [3.05, 3.63) is 42.0 Å². The second kappa shape index (κ2) is 6.66. The molecule has 0 radical (unpaired) electrons. The van der Waals surface area contributed by atoms with Gasteiger partial charge in [0.1, 0.15) is 6.10 Å². The van der Waals surface area contributed by atoms with Crippen LogP contribution < -0.4 is 0 Å². The maximum atomic E-state index is 13.9. The minimum Gasteiger partial charge on any atom is -0.463 e. The number of alkyl halides is 2. The summed E-state index contributed by atoms with van der Waals surface area (Å²) < 4.78 is 15.8. The highest BCUT2D eigenvalue weighted by Crippen LogP contribution is 2.27. The Bertz CT molecular complexity index is 418. The minimum absolute atomic E-state index is 0.0468. The van der Waals surface area contributed by atoms with Gasteiger partial charge in [-0.2, -0.15) is 0 Å². The van der Waals surface area contributed by atoms with Gasteiger partial charge in [0.15, 0.2) is 0 Å². The Kier molecular flexibility index (Phi) is 5.50. The molecule has 1 aromatic rings. The topological polar surface area (TPSA) is 46.5 Å². The molecule has 0 aliphatic rings. The van der Waals surface area contributed by atoms with Crippen molar-refractivity contribution in [2.75, 3.05) is 6.61 Å². The maximum Gasteiger partial charge on any atom is 0.358 e. The van der Waals surface area contributed by atoms with E-state index in [-0.39, 0.29) is 6.61 Å². The van der Waals surface area contributed by atoms with E-state index in [4.69, 9.17) is 0 Å². The van der Waals surface area contributed by atoms with Gasteiger partial charge in [0.2, 0.25) is 0 Å². The zero-order valence-electron chi connectivity index (χ0n) is 9.85. The van der Waals surface area contributed by atoms with Crippen molar-refractivity contribution in [3.63, 3.8) is 0 Å². The van der Waals surface area contributed by atoms with Crippen LogP contribution in [0.1, 0.15) is 12.5 Å². The first-order valence-corrected chi connectivity index (χ1v) is 6.24. The van der Waals surface area contributed by atoms with Gasteiger partial charge in [0, 0.05) is 0 Å². The molecule has 0 spiro atoms. The number of rotatable bonds is 5. The first-order chi connectivity index (χ1) is 8.48. The van der Waals surface area contributed by atoms with Crippen molar-refractivity contribution in [2.24, 2.45) is 0 Å². The summed E-state index contributed by atoms with van der Waals surface area (Å²) in [6.45, 7) is 1.61. The van der Waals surface area contributed by atoms with Gasteiger partial charge < -0.3 is 9.84 Å². The van der Waals surface area contributed by atoms with Gasteiger partial charge in [0.05, 0.1) is 6.61 Å². The fourth-order valence-electron chi connectivity index (χ4n) is 1.24. The number of hydrogen-bond acceptors (Lipinski definition) is 3. The van der Waals surface area contributed by atoms with Crippen molar-refractivity contribution in [1.82, 2.24) is 0 Å². The van der Waals surface area contributed by atoms with Crippen LogP contribution in [0.15, 0.2) is 36.4 Å². The monoisotopic (exact) mass is 316 g/mol. The summed E-state index contributed by atoms with van der Waals surface area (Å²) in [6.07, 6.45) is 1.09. The number of aliphatic hydroxyl groups is 1. The van der Waals surface area contributed by atoms with Crippen molar-refractivity contribution in [3.8, 4) is 0 Å². The summed E-state index contributed by atoms with van der Waals surface area (Å²) in [7, 11) is 0. The van der Waals surface area contributed by atoms with Crippen molar-refractivity contribution < 1.29 is 19.0 Å². The average Bonchev–Trinajstić information content (AvgIpc) is 2.37. The first-order valence-electron chi connectivity index (χ1n) is 5.44. The number of aliphatic hydroxyl groups excluding tert-OH is 1. The molecule has 98 valence electrons. The second-order valence-electron chi connectivity index (χ2n) is 3.56.